The van der Waals surface area contributed by atoms with Crippen LogP contribution in [0.15, 0.2) is 41.3 Å². The monoisotopic (exact) mass is 471 g/mol. The fraction of sp³-hybridized carbons (Fsp3) is 0.440. The minimum atomic E-state index is -3.93. The van der Waals surface area contributed by atoms with Crippen molar-refractivity contribution in [2.45, 2.75) is 52.0 Å². The first-order valence-electron chi connectivity index (χ1n) is 11.2. The minimum Gasteiger partial charge on any atom is -0.369 e. The SMILES string of the molecule is Cc1ccc(CN(CC(=O)N2CCC(C(N)=O)CC2)S(=O)(=O)c2c(C)cc(C)cc2C)cc1. The van der Waals surface area contributed by atoms with Crippen molar-refractivity contribution >= 4 is 21.8 Å². The number of likely N-dealkylation sites (tertiary alicyclic amines) is 1. The Balaban J connectivity index is 1.90. The molecular weight excluding hydrogens is 438 g/mol. The lowest BCUT2D eigenvalue weighted by Gasteiger charge is -2.32. The molecule has 33 heavy (non-hydrogen) atoms. The van der Waals surface area contributed by atoms with Gasteiger partial charge in [0, 0.05) is 25.6 Å². The van der Waals surface area contributed by atoms with E-state index in [9.17, 15) is 18.0 Å². The molecule has 7 nitrogen and oxygen atoms in total. The summed E-state index contributed by atoms with van der Waals surface area (Å²) in [6.45, 7) is 8.10. The molecule has 0 aromatic heterocycles. The number of hydrogen-bond acceptors (Lipinski definition) is 4. The fourth-order valence-electron chi connectivity index (χ4n) is 4.49. The van der Waals surface area contributed by atoms with Gasteiger partial charge in [-0.2, -0.15) is 4.31 Å². The highest BCUT2D eigenvalue weighted by Crippen LogP contribution is 2.27. The van der Waals surface area contributed by atoms with Gasteiger partial charge >= 0.3 is 0 Å². The average molecular weight is 472 g/mol. The van der Waals surface area contributed by atoms with Crippen LogP contribution in [0, 0.1) is 33.6 Å². The smallest absolute Gasteiger partial charge is 0.244 e. The zero-order valence-corrected chi connectivity index (χ0v) is 20.6. The first kappa shape index (κ1) is 24.9. The number of benzene rings is 2. The molecule has 0 spiro atoms. The fourth-order valence-corrected chi connectivity index (χ4v) is 6.28. The van der Waals surface area contributed by atoms with Gasteiger partial charge in [-0.25, -0.2) is 8.42 Å². The molecule has 2 aromatic carbocycles. The van der Waals surface area contributed by atoms with Crippen LogP contribution >= 0.6 is 0 Å². The van der Waals surface area contributed by atoms with Gasteiger partial charge in [0.15, 0.2) is 0 Å². The molecule has 2 amide bonds. The Morgan fingerprint density at radius 1 is 0.970 bits per heavy atom. The maximum absolute atomic E-state index is 13.8. The quantitative estimate of drug-likeness (QED) is 0.671. The zero-order chi connectivity index (χ0) is 24.3. The van der Waals surface area contributed by atoms with Crippen LogP contribution in [0.4, 0.5) is 0 Å². The van der Waals surface area contributed by atoms with Gasteiger partial charge in [-0.15, -0.1) is 0 Å². The molecule has 0 atom stereocenters. The maximum Gasteiger partial charge on any atom is 0.244 e. The third-order valence-electron chi connectivity index (χ3n) is 6.24. The maximum atomic E-state index is 13.8. The van der Waals surface area contributed by atoms with E-state index in [1.807, 2.05) is 50.2 Å². The van der Waals surface area contributed by atoms with E-state index in [2.05, 4.69) is 0 Å². The van der Waals surface area contributed by atoms with Crippen molar-refractivity contribution in [1.29, 1.82) is 0 Å². The summed E-state index contributed by atoms with van der Waals surface area (Å²) in [6.07, 6.45) is 1.00. The zero-order valence-electron chi connectivity index (χ0n) is 19.8. The molecule has 0 unspecified atom stereocenters. The predicted molar refractivity (Wildman–Crippen MR) is 128 cm³/mol. The van der Waals surface area contributed by atoms with Crippen LogP contribution in [0.3, 0.4) is 0 Å². The molecule has 8 heteroatoms. The van der Waals surface area contributed by atoms with Crippen molar-refractivity contribution in [2.75, 3.05) is 19.6 Å². The van der Waals surface area contributed by atoms with Gasteiger partial charge in [0.2, 0.25) is 21.8 Å². The Bertz CT molecular complexity index is 1110. The number of nitrogens with zero attached hydrogens (tertiary/aromatic N) is 2. The van der Waals surface area contributed by atoms with E-state index in [4.69, 9.17) is 5.73 Å². The summed E-state index contributed by atoms with van der Waals surface area (Å²) in [5.41, 5.74) is 9.60. The average Bonchev–Trinajstić information content (AvgIpc) is 2.73. The van der Waals surface area contributed by atoms with Gasteiger partial charge in [-0.05, 0) is 57.2 Å². The van der Waals surface area contributed by atoms with Crippen LogP contribution in [-0.4, -0.2) is 49.1 Å². The molecule has 1 saturated heterocycles. The summed E-state index contributed by atoms with van der Waals surface area (Å²) in [7, 11) is -3.93. The number of piperidine rings is 1. The van der Waals surface area contributed by atoms with Gasteiger partial charge in [0.05, 0.1) is 11.4 Å². The Kier molecular flexibility index (Phi) is 7.59. The summed E-state index contributed by atoms with van der Waals surface area (Å²) in [5, 5.41) is 0. The Hall–Kier alpha value is -2.71. The topological polar surface area (TPSA) is 101 Å². The highest BCUT2D eigenvalue weighted by atomic mass is 32.2. The van der Waals surface area contributed by atoms with Crippen molar-refractivity contribution in [2.24, 2.45) is 11.7 Å². The molecule has 0 bridgehead atoms. The molecule has 2 aromatic rings. The van der Waals surface area contributed by atoms with Crippen LogP contribution in [0.1, 0.15) is 40.7 Å². The summed E-state index contributed by atoms with van der Waals surface area (Å²) >= 11 is 0. The van der Waals surface area contributed by atoms with Gasteiger partial charge in [0.1, 0.15) is 0 Å². The van der Waals surface area contributed by atoms with E-state index < -0.39 is 10.0 Å². The Labute approximate surface area is 196 Å². The number of carbonyl (C=O) groups is 2. The lowest BCUT2D eigenvalue weighted by atomic mass is 9.96. The second-order valence-corrected chi connectivity index (χ2v) is 10.9. The molecule has 3 rings (SSSR count). The highest BCUT2D eigenvalue weighted by Gasteiger charge is 2.33. The van der Waals surface area contributed by atoms with Crippen molar-refractivity contribution in [3.8, 4) is 0 Å². The van der Waals surface area contributed by atoms with Gasteiger partial charge < -0.3 is 10.6 Å². The van der Waals surface area contributed by atoms with Crippen molar-refractivity contribution in [1.82, 2.24) is 9.21 Å². The number of nitrogens with two attached hydrogens (primary N) is 1. The van der Waals surface area contributed by atoms with E-state index >= 15 is 0 Å². The van der Waals surface area contributed by atoms with Gasteiger partial charge in [0.25, 0.3) is 0 Å². The number of sulfonamides is 1. The van der Waals surface area contributed by atoms with Crippen molar-refractivity contribution < 1.29 is 18.0 Å². The Morgan fingerprint density at radius 3 is 2.03 bits per heavy atom. The number of aryl methyl sites for hydroxylation is 4. The molecule has 178 valence electrons. The molecule has 2 N–H and O–H groups in total. The van der Waals surface area contributed by atoms with Crippen LogP contribution in [0.2, 0.25) is 0 Å². The van der Waals surface area contributed by atoms with Gasteiger partial charge in [-0.3, -0.25) is 9.59 Å². The van der Waals surface area contributed by atoms with Crippen molar-refractivity contribution in [3.63, 3.8) is 0 Å². The third-order valence-corrected chi connectivity index (χ3v) is 8.34. The number of rotatable bonds is 7. The number of hydrogen-bond donors (Lipinski definition) is 1. The molecule has 1 aliphatic heterocycles. The standard InChI is InChI=1S/C25H33N3O4S/c1-17-5-7-21(8-6-17)15-28(16-23(29)27-11-9-22(10-12-27)25(26)30)33(31,32)24-19(3)13-18(2)14-20(24)4/h5-8,13-14,22H,9-12,15-16H2,1-4H3,(H2,26,30). The molecule has 1 fully saturated rings. The first-order valence-corrected chi connectivity index (χ1v) is 12.6. The highest BCUT2D eigenvalue weighted by molar-refractivity contribution is 7.89. The molecule has 0 radical (unpaired) electrons. The molecule has 1 aliphatic rings. The molecule has 1 heterocycles. The first-order chi connectivity index (χ1) is 15.5. The number of amides is 2. The summed E-state index contributed by atoms with van der Waals surface area (Å²) in [6, 6.07) is 11.3. The number of primary amides is 1. The lowest BCUT2D eigenvalue weighted by Crippen LogP contribution is -2.47. The minimum absolute atomic E-state index is 0.0961. The van der Waals surface area contributed by atoms with Crippen LogP contribution < -0.4 is 5.73 Å². The Morgan fingerprint density at radius 2 is 1.52 bits per heavy atom. The second kappa shape index (κ2) is 10.1. The second-order valence-electron chi connectivity index (χ2n) is 9.04. The largest absolute Gasteiger partial charge is 0.369 e. The summed E-state index contributed by atoms with van der Waals surface area (Å²) < 4.78 is 28.9. The molecular formula is C25H33N3O4S. The van der Waals surface area contributed by atoms with Crippen LogP contribution in [0.25, 0.3) is 0 Å². The third kappa shape index (κ3) is 5.81. The van der Waals surface area contributed by atoms with E-state index in [-0.39, 0.29) is 35.7 Å². The predicted octanol–water partition coefficient (Wildman–Crippen LogP) is 2.84. The normalized spacial score (nSPS) is 15.1. The van der Waals surface area contributed by atoms with E-state index in [0.717, 1.165) is 16.7 Å². The summed E-state index contributed by atoms with van der Waals surface area (Å²) in [4.78, 5) is 26.5. The van der Waals surface area contributed by atoms with Crippen molar-refractivity contribution in [3.05, 3.63) is 64.2 Å². The lowest BCUT2D eigenvalue weighted by molar-refractivity contribution is -0.135. The van der Waals surface area contributed by atoms with Crippen LogP contribution in [-0.2, 0) is 26.2 Å². The number of carbonyl (C=O) groups excluding carboxylic acids is 2. The molecule has 0 saturated carbocycles. The van der Waals surface area contributed by atoms with E-state index in [1.165, 1.54) is 4.31 Å². The molecule has 0 aliphatic carbocycles. The summed E-state index contributed by atoms with van der Waals surface area (Å²) in [5.74, 6) is -0.855. The van der Waals surface area contributed by atoms with Gasteiger partial charge in [-0.1, -0.05) is 47.5 Å². The van der Waals surface area contributed by atoms with E-state index in [0.29, 0.717) is 37.1 Å². The van der Waals surface area contributed by atoms with Crippen LogP contribution in [0.5, 0.6) is 0 Å². The van der Waals surface area contributed by atoms with E-state index in [1.54, 1.807) is 18.7 Å².